The van der Waals surface area contributed by atoms with Crippen molar-refractivity contribution >= 4 is 40.7 Å². The molecule has 2 nitrogen and oxygen atoms in total. The molecule has 1 atom stereocenters. The van der Waals surface area contributed by atoms with Crippen molar-refractivity contribution in [1.29, 1.82) is 5.41 Å². The summed E-state index contributed by atoms with van der Waals surface area (Å²) in [5.74, 6) is -1.13. The van der Waals surface area contributed by atoms with Gasteiger partial charge in [-0.2, -0.15) is 26.3 Å². The zero-order chi connectivity index (χ0) is 19.1. The Morgan fingerprint density at radius 3 is 1.74 bits per heavy atom. The van der Waals surface area contributed by atoms with Gasteiger partial charge >= 0.3 is 12.4 Å². The average Bonchev–Trinajstić information content (AvgIpc) is 2.34. The number of hydrogen-bond acceptors (Lipinski definition) is 2. The van der Waals surface area contributed by atoms with E-state index in [-0.39, 0.29) is 6.07 Å². The highest BCUT2D eigenvalue weighted by Crippen LogP contribution is 2.38. The van der Waals surface area contributed by atoms with Crippen LogP contribution >= 0.6 is 34.8 Å². The Hall–Kier alpha value is -0.860. The van der Waals surface area contributed by atoms with Crippen LogP contribution in [0.15, 0.2) is 18.2 Å². The maximum Gasteiger partial charge on any atom is 0.416 e. The highest BCUT2D eigenvalue weighted by atomic mass is 35.6. The number of rotatable bonds is 2. The van der Waals surface area contributed by atoms with Gasteiger partial charge in [-0.15, -0.1) is 0 Å². The van der Waals surface area contributed by atoms with E-state index in [0.717, 1.165) is 6.92 Å². The van der Waals surface area contributed by atoms with Gasteiger partial charge in [0.25, 0.3) is 3.79 Å². The molecule has 130 valence electrons. The molecule has 0 aliphatic carbocycles. The van der Waals surface area contributed by atoms with Crippen molar-refractivity contribution in [2.75, 3.05) is 0 Å². The fourth-order valence-electron chi connectivity index (χ4n) is 1.43. The van der Waals surface area contributed by atoms with Crippen LogP contribution in [0.2, 0.25) is 0 Å². The molecule has 1 rings (SSSR count). The molecule has 0 bridgehead atoms. The third kappa shape index (κ3) is 5.61. The van der Waals surface area contributed by atoms with Crippen molar-refractivity contribution in [3.05, 3.63) is 34.9 Å². The SMILES string of the molecule is [2H]C(C)(OC(=N)C(Cl)(Cl)Cl)c1cc(C(F)(F)F)cc(C(F)(F)F)c1. The topological polar surface area (TPSA) is 33.1 Å². The van der Waals surface area contributed by atoms with E-state index in [9.17, 15) is 26.3 Å². The minimum absolute atomic E-state index is 0.0974. The first-order valence-electron chi connectivity index (χ1n) is 6.09. The average molecular weight is 404 g/mol. The minimum atomic E-state index is -5.09. The number of nitrogens with one attached hydrogen (secondary N) is 1. The molecule has 23 heavy (non-hydrogen) atoms. The Labute approximate surface area is 143 Å². The normalized spacial score (nSPS) is 16.5. The first-order chi connectivity index (χ1) is 10.4. The maximum absolute atomic E-state index is 12.8. The van der Waals surface area contributed by atoms with Crippen LogP contribution in [0.3, 0.4) is 0 Å². The number of hydrogen-bond donors (Lipinski definition) is 1. The van der Waals surface area contributed by atoms with Gasteiger partial charge in [-0.25, -0.2) is 0 Å². The first kappa shape index (κ1) is 18.5. The van der Waals surface area contributed by atoms with Crippen LogP contribution in [0.4, 0.5) is 26.3 Å². The van der Waals surface area contributed by atoms with Crippen molar-refractivity contribution in [2.24, 2.45) is 0 Å². The van der Waals surface area contributed by atoms with Gasteiger partial charge in [0.1, 0.15) is 6.08 Å². The van der Waals surface area contributed by atoms with Crippen LogP contribution < -0.4 is 0 Å². The standard InChI is InChI=1S/C12H8Cl3F6NO/c1-5(23-9(22)10(13,14)15)6-2-7(11(16,17)18)4-8(3-6)12(19,20)21/h2-5,22H,1H3/i5D. The molecule has 0 saturated carbocycles. The third-order valence-corrected chi connectivity index (χ3v) is 3.02. The van der Waals surface area contributed by atoms with E-state index < -0.39 is 44.8 Å². The summed E-state index contributed by atoms with van der Waals surface area (Å²) >= 11 is 16.0. The van der Waals surface area contributed by atoms with Crippen molar-refractivity contribution in [1.82, 2.24) is 0 Å². The summed E-state index contributed by atoms with van der Waals surface area (Å²) in [5, 5.41) is 7.32. The van der Waals surface area contributed by atoms with Gasteiger partial charge in [0.2, 0.25) is 5.90 Å². The molecule has 1 N–H and O–H groups in total. The van der Waals surface area contributed by atoms with Crippen LogP contribution in [0.25, 0.3) is 0 Å². The third-order valence-electron chi connectivity index (χ3n) is 2.51. The second-order valence-corrected chi connectivity index (χ2v) is 6.56. The van der Waals surface area contributed by atoms with E-state index in [1.165, 1.54) is 0 Å². The van der Waals surface area contributed by atoms with Gasteiger partial charge in [-0.05, 0) is 30.7 Å². The highest BCUT2D eigenvalue weighted by Gasteiger charge is 2.38. The molecule has 1 aromatic rings. The van der Waals surface area contributed by atoms with E-state index >= 15 is 0 Å². The van der Waals surface area contributed by atoms with Crippen molar-refractivity contribution < 1.29 is 32.5 Å². The van der Waals surface area contributed by atoms with Gasteiger partial charge in [0.05, 0.1) is 12.5 Å². The van der Waals surface area contributed by atoms with Crippen molar-refractivity contribution in [3.8, 4) is 0 Å². The summed E-state index contributed by atoms with van der Waals surface area (Å²) in [6, 6.07) is 0.502. The van der Waals surface area contributed by atoms with Gasteiger partial charge < -0.3 is 4.74 Å². The molecule has 0 heterocycles. The summed E-state index contributed by atoms with van der Waals surface area (Å²) in [5.41, 5.74) is -4.08. The molecule has 1 unspecified atom stereocenters. The second-order valence-electron chi connectivity index (χ2n) is 4.28. The van der Waals surface area contributed by atoms with Crippen LogP contribution in [0, 0.1) is 5.41 Å². The smallest absolute Gasteiger partial charge is 0.416 e. The zero-order valence-electron chi connectivity index (χ0n) is 12.0. The molecule has 1 aromatic carbocycles. The second kappa shape index (κ2) is 6.57. The predicted molar refractivity (Wildman–Crippen MR) is 74.0 cm³/mol. The Bertz CT molecular complexity index is 607. The van der Waals surface area contributed by atoms with E-state index in [1.807, 2.05) is 0 Å². The van der Waals surface area contributed by atoms with Gasteiger partial charge in [0, 0.05) is 0 Å². The molecular weight excluding hydrogens is 394 g/mol. The highest BCUT2D eigenvalue weighted by molar-refractivity contribution is 6.76. The van der Waals surface area contributed by atoms with Crippen LogP contribution in [0.1, 0.15) is 31.1 Å². The van der Waals surface area contributed by atoms with E-state index in [0.29, 0.717) is 12.1 Å². The Morgan fingerprint density at radius 1 is 1.04 bits per heavy atom. The van der Waals surface area contributed by atoms with Crippen LogP contribution in [-0.2, 0) is 17.1 Å². The van der Waals surface area contributed by atoms with Gasteiger partial charge in [-0.3, -0.25) is 5.41 Å². The molecule has 0 saturated heterocycles. The summed E-state index contributed by atoms with van der Waals surface area (Å²) in [7, 11) is 0. The van der Waals surface area contributed by atoms with E-state index in [2.05, 4.69) is 4.74 Å². The maximum atomic E-state index is 12.8. The molecule has 0 aliphatic rings. The molecule has 0 aromatic heterocycles. The molecule has 0 spiro atoms. The fourth-order valence-corrected chi connectivity index (χ4v) is 1.54. The number of benzene rings is 1. The molecule has 0 aliphatic heterocycles. The van der Waals surface area contributed by atoms with Crippen LogP contribution in [0.5, 0.6) is 0 Å². The lowest BCUT2D eigenvalue weighted by molar-refractivity contribution is -0.143. The largest absolute Gasteiger partial charge is 0.470 e. The number of halogens is 9. The summed E-state index contributed by atoms with van der Waals surface area (Å²) < 4.78 is 86.8. The monoisotopic (exact) mass is 402 g/mol. The molecular formula is C12H8Cl3F6NO. The van der Waals surface area contributed by atoms with Gasteiger partial charge in [0.15, 0.2) is 0 Å². The molecule has 0 radical (unpaired) electrons. The van der Waals surface area contributed by atoms with E-state index in [4.69, 9.17) is 41.6 Å². The van der Waals surface area contributed by atoms with Crippen molar-refractivity contribution in [2.45, 2.75) is 29.1 Å². The lowest BCUT2D eigenvalue weighted by Gasteiger charge is -2.21. The summed E-state index contributed by atoms with van der Waals surface area (Å²) in [6.07, 6.45) is -12.7. The molecule has 0 amide bonds. The lowest BCUT2D eigenvalue weighted by Crippen LogP contribution is -2.23. The molecule has 11 heteroatoms. The molecule has 0 fully saturated rings. The van der Waals surface area contributed by atoms with Gasteiger partial charge in [-0.1, -0.05) is 34.8 Å². The minimum Gasteiger partial charge on any atom is -0.470 e. The van der Waals surface area contributed by atoms with Crippen LogP contribution in [-0.4, -0.2) is 9.69 Å². The predicted octanol–water partition coefficient (Wildman–Crippen LogP) is 6.15. The number of alkyl halides is 9. The Balaban J connectivity index is 3.43. The first-order valence-corrected chi connectivity index (χ1v) is 6.73. The summed E-state index contributed by atoms with van der Waals surface area (Å²) in [4.78, 5) is 0. The Morgan fingerprint density at radius 2 is 1.43 bits per heavy atom. The lowest BCUT2D eigenvalue weighted by atomic mass is 10.0. The quantitative estimate of drug-likeness (QED) is 0.273. The van der Waals surface area contributed by atoms with E-state index in [1.54, 1.807) is 0 Å². The number of ether oxygens (including phenoxy) is 1. The Kier molecular flexibility index (Phi) is 5.27. The zero-order valence-corrected chi connectivity index (χ0v) is 13.3. The van der Waals surface area contributed by atoms with Crippen molar-refractivity contribution in [3.63, 3.8) is 0 Å². The fraction of sp³-hybridized carbons (Fsp3) is 0.417. The summed E-state index contributed by atoms with van der Waals surface area (Å²) in [6.45, 7) is 0.813.